The summed E-state index contributed by atoms with van der Waals surface area (Å²) in [5.74, 6) is -0.102. The molecule has 0 aliphatic carbocycles. The zero-order valence-corrected chi connectivity index (χ0v) is 6.14. The Labute approximate surface area is 60.2 Å². The van der Waals surface area contributed by atoms with Crippen molar-refractivity contribution in [3.63, 3.8) is 0 Å². The van der Waals surface area contributed by atoms with E-state index in [9.17, 15) is 4.79 Å². The third-order valence-electron chi connectivity index (χ3n) is 1.13. The van der Waals surface area contributed by atoms with Gasteiger partial charge in [0.25, 0.3) is 0 Å². The summed E-state index contributed by atoms with van der Waals surface area (Å²) in [4.78, 5) is 10.7. The predicted octanol–water partition coefficient (Wildman–Crippen LogP) is -0.766. The fraction of sp³-hybridized carbons (Fsp3) is 0.667. The summed E-state index contributed by atoms with van der Waals surface area (Å²) in [7, 11) is 1.56. The van der Waals surface area contributed by atoms with Crippen molar-refractivity contribution in [3.05, 3.63) is 0 Å². The Bertz CT molecular complexity index is 150. The molecule has 0 rings (SSSR count). The van der Waals surface area contributed by atoms with Gasteiger partial charge in [-0.2, -0.15) is 5.26 Å². The molecular formula is C6H11N3O. The van der Waals surface area contributed by atoms with Crippen molar-refractivity contribution in [2.24, 2.45) is 0 Å². The van der Waals surface area contributed by atoms with E-state index in [2.05, 4.69) is 10.6 Å². The lowest BCUT2D eigenvalue weighted by Crippen LogP contribution is -2.40. The molecule has 0 aromatic heterocycles. The highest BCUT2D eigenvalue weighted by Crippen LogP contribution is 1.77. The van der Waals surface area contributed by atoms with Crippen molar-refractivity contribution in [3.8, 4) is 6.07 Å². The molecule has 0 saturated heterocycles. The minimum Gasteiger partial charge on any atom is -0.358 e. The molecule has 56 valence electrons. The van der Waals surface area contributed by atoms with Gasteiger partial charge in [0, 0.05) is 7.05 Å². The molecule has 0 bridgehead atoms. The fourth-order valence-corrected chi connectivity index (χ4v) is 0.508. The smallest absolute Gasteiger partial charge is 0.236 e. The maximum atomic E-state index is 10.7. The van der Waals surface area contributed by atoms with Gasteiger partial charge in [-0.15, -0.1) is 0 Å². The van der Waals surface area contributed by atoms with Gasteiger partial charge in [-0.1, -0.05) is 0 Å². The van der Waals surface area contributed by atoms with Crippen molar-refractivity contribution in [2.75, 3.05) is 13.6 Å². The SMILES string of the molecule is CNC(=O)C(C)NCC#N. The Balaban J connectivity index is 3.53. The monoisotopic (exact) mass is 141 g/mol. The van der Waals surface area contributed by atoms with Gasteiger partial charge in [0.05, 0.1) is 18.7 Å². The second-order valence-electron chi connectivity index (χ2n) is 1.87. The number of nitrogens with zero attached hydrogens (tertiary/aromatic N) is 1. The maximum Gasteiger partial charge on any atom is 0.236 e. The molecule has 0 aliphatic heterocycles. The second-order valence-corrected chi connectivity index (χ2v) is 1.87. The Morgan fingerprint density at radius 1 is 1.80 bits per heavy atom. The summed E-state index contributed by atoms with van der Waals surface area (Å²) >= 11 is 0. The van der Waals surface area contributed by atoms with Gasteiger partial charge < -0.3 is 5.32 Å². The van der Waals surface area contributed by atoms with Crippen LogP contribution in [0.2, 0.25) is 0 Å². The third kappa shape index (κ3) is 3.05. The zero-order valence-electron chi connectivity index (χ0n) is 6.14. The van der Waals surface area contributed by atoms with Crippen molar-refractivity contribution in [1.82, 2.24) is 10.6 Å². The predicted molar refractivity (Wildman–Crippen MR) is 37.1 cm³/mol. The Kier molecular flexibility index (Phi) is 4.25. The van der Waals surface area contributed by atoms with Crippen LogP contribution in [0.3, 0.4) is 0 Å². The van der Waals surface area contributed by atoms with Gasteiger partial charge in [0.1, 0.15) is 0 Å². The van der Waals surface area contributed by atoms with E-state index >= 15 is 0 Å². The van der Waals surface area contributed by atoms with Crippen LogP contribution < -0.4 is 10.6 Å². The van der Waals surface area contributed by atoms with Crippen molar-refractivity contribution in [1.29, 1.82) is 5.26 Å². The molecule has 4 heteroatoms. The van der Waals surface area contributed by atoms with Gasteiger partial charge >= 0.3 is 0 Å². The van der Waals surface area contributed by atoms with Gasteiger partial charge in [0.2, 0.25) is 5.91 Å². The molecule has 2 N–H and O–H groups in total. The molecule has 0 heterocycles. The fourth-order valence-electron chi connectivity index (χ4n) is 0.508. The number of likely N-dealkylation sites (N-methyl/N-ethyl adjacent to an activating group) is 1. The van der Waals surface area contributed by atoms with E-state index in [1.165, 1.54) is 0 Å². The standard InChI is InChI=1S/C6H11N3O/c1-5(6(10)8-2)9-4-3-7/h5,9H,4H2,1-2H3,(H,8,10). The van der Waals surface area contributed by atoms with Crippen LogP contribution in [-0.4, -0.2) is 25.5 Å². The van der Waals surface area contributed by atoms with Gasteiger partial charge in [0.15, 0.2) is 0 Å². The number of nitriles is 1. The van der Waals surface area contributed by atoms with Gasteiger partial charge in [-0.25, -0.2) is 0 Å². The lowest BCUT2D eigenvalue weighted by molar-refractivity contribution is -0.122. The first kappa shape index (κ1) is 8.92. The molecule has 0 aromatic carbocycles. The quantitative estimate of drug-likeness (QED) is 0.507. The zero-order chi connectivity index (χ0) is 7.98. The van der Waals surface area contributed by atoms with Crippen LogP contribution in [0.15, 0.2) is 0 Å². The molecule has 1 amide bonds. The molecular weight excluding hydrogens is 130 g/mol. The van der Waals surface area contributed by atoms with Crippen LogP contribution in [0, 0.1) is 11.3 Å². The highest BCUT2D eigenvalue weighted by atomic mass is 16.2. The number of amides is 1. The highest BCUT2D eigenvalue weighted by Gasteiger charge is 2.07. The lowest BCUT2D eigenvalue weighted by atomic mass is 10.3. The summed E-state index contributed by atoms with van der Waals surface area (Å²) in [6, 6.07) is 1.60. The first-order valence-electron chi connectivity index (χ1n) is 3.04. The average molecular weight is 141 g/mol. The number of carbonyl (C=O) groups excluding carboxylic acids is 1. The normalized spacial score (nSPS) is 11.7. The van der Waals surface area contributed by atoms with Gasteiger partial charge in [-0.05, 0) is 6.92 Å². The van der Waals surface area contributed by atoms with E-state index in [-0.39, 0.29) is 18.5 Å². The van der Waals surface area contributed by atoms with E-state index in [1.807, 2.05) is 6.07 Å². The maximum absolute atomic E-state index is 10.7. The van der Waals surface area contributed by atoms with Crippen LogP contribution >= 0.6 is 0 Å². The summed E-state index contributed by atoms with van der Waals surface area (Å²) in [6.45, 7) is 1.91. The van der Waals surface area contributed by atoms with Crippen LogP contribution in [0.4, 0.5) is 0 Å². The second kappa shape index (κ2) is 4.77. The average Bonchev–Trinajstić information content (AvgIpc) is 1.98. The molecule has 0 aromatic rings. The molecule has 0 fully saturated rings. The topological polar surface area (TPSA) is 64.9 Å². The molecule has 0 aliphatic rings. The molecule has 0 saturated carbocycles. The van der Waals surface area contributed by atoms with Gasteiger partial charge in [-0.3, -0.25) is 10.1 Å². The molecule has 0 spiro atoms. The highest BCUT2D eigenvalue weighted by molar-refractivity contribution is 5.80. The number of hydrogen-bond acceptors (Lipinski definition) is 3. The molecule has 10 heavy (non-hydrogen) atoms. The van der Waals surface area contributed by atoms with Crippen LogP contribution in [0.1, 0.15) is 6.92 Å². The third-order valence-corrected chi connectivity index (χ3v) is 1.13. The number of rotatable bonds is 3. The molecule has 0 radical (unpaired) electrons. The van der Waals surface area contributed by atoms with E-state index in [0.717, 1.165) is 0 Å². The van der Waals surface area contributed by atoms with Crippen molar-refractivity contribution in [2.45, 2.75) is 13.0 Å². The first-order valence-corrected chi connectivity index (χ1v) is 3.04. The lowest BCUT2D eigenvalue weighted by Gasteiger charge is -2.07. The Morgan fingerprint density at radius 2 is 2.40 bits per heavy atom. The van der Waals surface area contributed by atoms with E-state index in [4.69, 9.17) is 5.26 Å². The van der Waals surface area contributed by atoms with Crippen molar-refractivity contribution < 1.29 is 4.79 Å². The van der Waals surface area contributed by atoms with Crippen LogP contribution in [0.5, 0.6) is 0 Å². The Hall–Kier alpha value is -1.08. The summed E-state index contributed by atoms with van der Waals surface area (Å²) < 4.78 is 0. The largest absolute Gasteiger partial charge is 0.358 e. The Morgan fingerprint density at radius 3 is 2.80 bits per heavy atom. The first-order chi connectivity index (χ1) is 4.72. The molecule has 4 nitrogen and oxygen atoms in total. The number of nitrogens with one attached hydrogen (secondary N) is 2. The molecule has 1 unspecified atom stereocenters. The van der Waals surface area contributed by atoms with Crippen LogP contribution in [0.25, 0.3) is 0 Å². The number of hydrogen-bond donors (Lipinski definition) is 2. The molecule has 1 atom stereocenters. The van der Waals surface area contributed by atoms with E-state index in [0.29, 0.717) is 0 Å². The minimum atomic E-state index is -0.287. The minimum absolute atomic E-state index is 0.102. The number of carbonyl (C=O) groups is 1. The summed E-state index contributed by atoms with van der Waals surface area (Å²) in [5.41, 5.74) is 0. The van der Waals surface area contributed by atoms with E-state index in [1.54, 1.807) is 14.0 Å². The van der Waals surface area contributed by atoms with Crippen molar-refractivity contribution >= 4 is 5.91 Å². The van der Waals surface area contributed by atoms with Crippen LogP contribution in [-0.2, 0) is 4.79 Å². The summed E-state index contributed by atoms with van der Waals surface area (Å²) in [5, 5.41) is 13.3. The summed E-state index contributed by atoms with van der Waals surface area (Å²) in [6.07, 6.45) is 0. The van der Waals surface area contributed by atoms with E-state index < -0.39 is 0 Å².